The molecule has 2 atom stereocenters. The van der Waals surface area contributed by atoms with E-state index in [1.165, 1.54) is 12.1 Å². The van der Waals surface area contributed by atoms with Gasteiger partial charge in [0.05, 0.1) is 34.4 Å². The second kappa shape index (κ2) is 10.5. The minimum atomic E-state index is -2.97. The number of Topliss-reactive ketones (excluding diaryl/α,β-unsaturated/α-hetero) is 1. The van der Waals surface area contributed by atoms with E-state index in [1.54, 1.807) is 10.7 Å². The minimum Gasteiger partial charge on any atom is -0.369 e. The Bertz CT molecular complexity index is 1560. The molecule has 0 spiro atoms. The van der Waals surface area contributed by atoms with Crippen molar-refractivity contribution >= 4 is 21.3 Å². The van der Waals surface area contributed by atoms with Crippen molar-refractivity contribution in [3.63, 3.8) is 0 Å². The Balaban J connectivity index is 1.35. The Morgan fingerprint density at radius 1 is 1.05 bits per heavy atom. The SMILES string of the molecule is N#CC1(CC(=O)[C@@H]2CCCC[C@H]2c2nn(-c3cccc(F)c3)cc2-c2ccc(N3CCS(=O)(=O)CC3)cc2)CC1. The molecule has 2 heterocycles. The average molecular weight is 561 g/mol. The van der Waals surface area contributed by atoms with Gasteiger partial charge in [0.1, 0.15) is 11.6 Å². The maximum atomic E-state index is 14.1. The molecule has 2 aliphatic carbocycles. The third kappa shape index (κ3) is 5.42. The maximum absolute atomic E-state index is 14.1. The largest absolute Gasteiger partial charge is 0.369 e. The smallest absolute Gasteiger partial charge is 0.153 e. The van der Waals surface area contributed by atoms with Crippen LogP contribution in [-0.2, 0) is 14.6 Å². The lowest BCUT2D eigenvalue weighted by Crippen LogP contribution is -2.40. The first-order valence-corrected chi connectivity index (χ1v) is 15.9. The van der Waals surface area contributed by atoms with E-state index in [-0.39, 0.29) is 34.9 Å². The highest BCUT2D eigenvalue weighted by molar-refractivity contribution is 7.91. The van der Waals surface area contributed by atoms with Crippen LogP contribution in [0.2, 0.25) is 0 Å². The molecule has 3 aliphatic rings. The zero-order valence-electron chi connectivity index (χ0n) is 22.4. The molecule has 40 heavy (non-hydrogen) atoms. The number of sulfone groups is 1. The van der Waals surface area contributed by atoms with Gasteiger partial charge in [0.2, 0.25) is 0 Å². The van der Waals surface area contributed by atoms with E-state index in [9.17, 15) is 22.9 Å². The molecule has 7 nitrogen and oxygen atoms in total. The number of aromatic nitrogens is 2. The van der Waals surface area contributed by atoms with Crippen LogP contribution in [0.5, 0.6) is 0 Å². The molecule has 2 aromatic carbocycles. The van der Waals surface area contributed by atoms with Gasteiger partial charge in [0.15, 0.2) is 9.84 Å². The number of benzene rings is 2. The van der Waals surface area contributed by atoms with E-state index in [2.05, 4.69) is 11.0 Å². The van der Waals surface area contributed by atoms with Gasteiger partial charge in [-0.2, -0.15) is 10.4 Å². The van der Waals surface area contributed by atoms with Gasteiger partial charge in [-0.3, -0.25) is 4.79 Å². The summed E-state index contributed by atoms with van der Waals surface area (Å²) in [6.45, 7) is 0.945. The van der Waals surface area contributed by atoms with Gasteiger partial charge < -0.3 is 4.90 Å². The number of carbonyl (C=O) groups excluding carboxylic acids is 1. The zero-order chi connectivity index (χ0) is 27.9. The van der Waals surface area contributed by atoms with Gasteiger partial charge in [0, 0.05) is 48.8 Å². The molecule has 0 bridgehead atoms. The summed E-state index contributed by atoms with van der Waals surface area (Å²) in [5, 5.41) is 14.6. The first-order valence-electron chi connectivity index (χ1n) is 14.1. The van der Waals surface area contributed by atoms with Crippen molar-refractivity contribution in [2.45, 2.75) is 50.9 Å². The number of halogens is 1. The van der Waals surface area contributed by atoms with E-state index in [4.69, 9.17) is 5.10 Å². The van der Waals surface area contributed by atoms with Gasteiger partial charge >= 0.3 is 0 Å². The zero-order valence-corrected chi connectivity index (χ0v) is 23.2. The van der Waals surface area contributed by atoms with Crippen LogP contribution in [0.3, 0.4) is 0 Å². The molecule has 0 radical (unpaired) electrons. The van der Waals surface area contributed by atoms with E-state index >= 15 is 0 Å². The summed E-state index contributed by atoms with van der Waals surface area (Å²) in [4.78, 5) is 15.6. The van der Waals surface area contributed by atoms with Crippen LogP contribution < -0.4 is 4.90 Å². The molecular weight excluding hydrogens is 527 g/mol. The van der Waals surface area contributed by atoms with E-state index in [0.717, 1.165) is 61.0 Å². The van der Waals surface area contributed by atoms with Crippen molar-refractivity contribution < 1.29 is 17.6 Å². The topological polar surface area (TPSA) is 96.1 Å². The monoisotopic (exact) mass is 560 g/mol. The number of nitriles is 1. The molecule has 0 N–H and O–H groups in total. The molecule has 1 saturated heterocycles. The Morgan fingerprint density at radius 2 is 1.77 bits per heavy atom. The number of anilines is 1. The van der Waals surface area contributed by atoms with Crippen molar-refractivity contribution in [2.75, 3.05) is 29.5 Å². The lowest BCUT2D eigenvalue weighted by atomic mass is 9.72. The Morgan fingerprint density at radius 3 is 2.45 bits per heavy atom. The summed E-state index contributed by atoms with van der Waals surface area (Å²) >= 11 is 0. The molecular formula is C31H33FN4O3S. The van der Waals surface area contributed by atoms with Gasteiger partial charge in [-0.15, -0.1) is 0 Å². The minimum absolute atomic E-state index is 0.0764. The highest BCUT2D eigenvalue weighted by Crippen LogP contribution is 2.51. The van der Waals surface area contributed by atoms with Gasteiger partial charge in [0.25, 0.3) is 0 Å². The molecule has 0 unspecified atom stereocenters. The van der Waals surface area contributed by atoms with Gasteiger partial charge in [-0.1, -0.05) is 31.0 Å². The lowest BCUT2D eigenvalue weighted by molar-refractivity contribution is -0.125. The van der Waals surface area contributed by atoms with Crippen molar-refractivity contribution in [1.82, 2.24) is 9.78 Å². The number of hydrogen-bond acceptors (Lipinski definition) is 6. The molecule has 1 aliphatic heterocycles. The molecule has 6 rings (SSSR count). The standard InChI is InChI=1S/C31H33FN4O3S/c32-23-4-3-5-25(18-23)36-20-28(22-8-10-24(11-9-22)35-14-16-40(38,39)17-15-35)30(34-36)27-7-2-1-6-26(27)29(37)19-31(21-33)12-13-31/h3-5,8-11,18,20,26-27H,1-2,6-7,12-17,19H2/t26-,27-/m1/s1. The second-order valence-electron chi connectivity index (χ2n) is 11.6. The molecule has 208 valence electrons. The highest BCUT2D eigenvalue weighted by atomic mass is 32.2. The molecule has 2 saturated carbocycles. The van der Waals surface area contributed by atoms with Crippen LogP contribution in [0, 0.1) is 28.5 Å². The van der Waals surface area contributed by atoms with Gasteiger partial charge in [-0.25, -0.2) is 17.5 Å². The Kier molecular flexibility index (Phi) is 6.99. The average Bonchev–Trinajstić information content (AvgIpc) is 3.59. The summed E-state index contributed by atoms with van der Waals surface area (Å²) in [6.07, 6.45) is 7.42. The summed E-state index contributed by atoms with van der Waals surface area (Å²) in [5.41, 5.74) is 3.78. The highest BCUT2D eigenvalue weighted by Gasteiger charge is 2.47. The van der Waals surface area contributed by atoms with Crippen molar-refractivity contribution in [1.29, 1.82) is 5.26 Å². The fourth-order valence-electron chi connectivity index (χ4n) is 6.24. The van der Waals surface area contributed by atoms with Crippen LogP contribution in [0.1, 0.15) is 56.6 Å². The van der Waals surface area contributed by atoms with Crippen LogP contribution in [0.25, 0.3) is 16.8 Å². The molecule has 3 aromatic rings. The van der Waals surface area contributed by atoms with E-state index in [0.29, 0.717) is 25.2 Å². The number of rotatable bonds is 7. The first kappa shape index (κ1) is 26.7. The summed E-state index contributed by atoms with van der Waals surface area (Å²) < 4.78 is 39.6. The maximum Gasteiger partial charge on any atom is 0.153 e. The third-order valence-electron chi connectivity index (χ3n) is 8.84. The van der Waals surface area contributed by atoms with Crippen LogP contribution >= 0.6 is 0 Å². The van der Waals surface area contributed by atoms with Gasteiger partial charge in [-0.05, 0) is 61.6 Å². The molecule has 3 fully saturated rings. The lowest BCUT2D eigenvalue weighted by Gasteiger charge is -2.31. The third-order valence-corrected chi connectivity index (χ3v) is 10.4. The fourth-order valence-corrected chi connectivity index (χ4v) is 7.45. The molecule has 1 aromatic heterocycles. The number of ketones is 1. The number of hydrogen-bond donors (Lipinski definition) is 0. The summed E-state index contributed by atoms with van der Waals surface area (Å²) in [6, 6.07) is 16.7. The number of carbonyl (C=O) groups is 1. The predicted molar refractivity (Wildman–Crippen MR) is 151 cm³/mol. The Labute approximate surface area is 234 Å². The fraction of sp³-hybridized carbons (Fsp3) is 0.452. The Hall–Kier alpha value is -3.51. The predicted octanol–water partition coefficient (Wildman–Crippen LogP) is 5.45. The van der Waals surface area contributed by atoms with Crippen LogP contribution in [0.4, 0.5) is 10.1 Å². The van der Waals surface area contributed by atoms with Crippen LogP contribution in [0.15, 0.2) is 54.7 Å². The normalized spacial score (nSPS) is 23.4. The van der Waals surface area contributed by atoms with Crippen LogP contribution in [-0.4, -0.2) is 48.6 Å². The first-order chi connectivity index (χ1) is 19.3. The molecule has 9 heteroatoms. The van der Waals surface area contributed by atoms with Crippen molar-refractivity contribution in [3.05, 3.63) is 66.2 Å². The summed E-state index contributed by atoms with van der Waals surface area (Å²) in [5.74, 6) is -0.143. The van der Waals surface area contributed by atoms with Crippen molar-refractivity contribution in [3.8, 4) is 22.9 Å². The van der Waals surface area contributed by atoms with E-state index < -0.39 is 15.3 Å². The number of nitrogens with zero attached hydrogens (tertiary/aromatic N) is 4. The van der Waals surface area contributed by atoms with Crippen molar-refractivity contribution in [2.24, 2.45) is 11.3 Å². The summed E-state index contributed by atoms with van der Waals surface area (Å²) in [7, 11) is -2.97. The van der Waals surface area contributed by atoms with E-state index in [1.807, 2.05) is 36.5 Å². The quantitative estimate of drug-likeness (QED) is 0.381. The second-order valence-corrected chi connectivity index (χ2v) is 13.9. The molecule has 0 amide bonds.